The number of pyridine rings is 1. The van der Waals surface area contributed by atoms with Crippen LogP contribution in [0.25, 0.3) is 5.65 Å². The first kappa shape index (κ1) is 16.4. The summed E-state index contributed by atoms with van der Waals surface area (Å²) < 4.78 is 45.9. The first-order valence-corrected chi connectivity index (χ1v) is 8.59. The number of nitrogens with zero attached hydrogens (tertiary/aromatic N) is 3. The monoisotopic (exact) mass is 349 g/mol. The van der Waals surface area contributed by atoms with E-state index in [0.29, 0.717) is 11.4 Å². The lowest BCUT2D eigenvalue weighted by Crippen LogP contribution is -2.22. The highest BCUT2D eigenvalue weighted by atomic mass is 32.2. The van der Waals surface area contributed by atoms with Gasteiger partial charge in [0.15, 0.2) is 11.5 Å². The summed E-state index contributed by atoms with van der Waals surface area (Å²) >= 11 is 0. The van der Waals surface area contributed by atoms with Gasteiger partial charge in [0.25, 0.3) is 0 Å². The average Bonchev–Trinajstić information content (AvgIpc) is 2.98. The number of ether oxygens (including phenoxy) is 1. The molecule has 3 aromatic rings. The highest BCUT2D eigenvalue weighted by Gasteiger charge is 2.16. The van der Waals surface area contributed by atoms with Crippen LogP contribution in [0, 0.1) is 5.82 Å². The number of halogens is 1. The third kappa shape index (κ3) is 3.10. The zero-order valence-electron chi connectivity index (χ0n) is 13.2. The largest absolute Gasteiger partial charge is 0.487 e. The second kappa shape index (κ2) is 6.21. The van der Waals surface area contributed by atoms with Crippen LogP contribution in [0.5, 0.6) is 5.75 Å². The zero-order chi connectivity index (χ0) is 17.3. The molecule has 0 saturated carbocycles. The third-order valence-corrected chi connectivity index (χ3v) is 5.30. The molecule has 2 aromatic heterocycles. The lowest BCUT2D eigenvalue weighted by atomic mass is 10.3. The number of rotatable bonds is 5. The Labute approximate surface area is 139 Å². The van der Waals surface area contributed by atoms with Gasteiger partial charge in [-0.3, -0.25) is 0 Å². The van der Waals surface area contributed by atoms with Crippen molar-refractivity contribution in [2.24, 2.45) is 0 Å². The number of aromatic nitrogens is 2. The predicted octanol–water partition coefficient (Wildman–Crippen LogP) is 2.30. The molecule has 2 heterocycles. The number of sulfonamides is 1. The van der Waals surface area contributed by atoms with Crippen LogP contribution in [-0.2, 0) is 16.6 Å². The van der Waals surface area contributed by atoms with E-state index in [9.17, 15) is 12.8 Å². The molecule has 6 nitrogen and oxygen atoms in total. The molecule has 126 valence electrons. The Balaban J connectivity index is 1.73. The molecule has 1 aromatic carbocycles. The number of fused-ring (bicyclic) bond motifs is 1. The fourth-order valence-corrected chi connectivity index (χ4v) is 3.08. The minimum atomic E-state index is -3.46. The molecule has 0 bridgehead atoms. The maximum atomic E-state index is 13.6. The number of imidazole rings is 1. The number of benzene rings is 1. The molecule has 3 rings (SSSR count). The van der Waals surface area contributed by atoms with E-state index in [1.165, 1.54) is 32.3 Å². The summed E-state index contributed by atoms with van der Waals surface area (Å²) in [5.41, 5.74) is 0.814. The summed E-state index contributed by atoms with van der Waals surface area (Å²) in [6, 6.07) is 9.05. The number of hydrogen-bond donors (Lipinski definition) is 0. The number of hydrogen-bond acceptors (Lipinski definition) is 4. The highest BCUT2D eigenvalue weighted by molar-refractivity contribution is 7.89. The van der Waals surface area contributed by atoms with Crippen LogP contribution < -0.4 is 4.74 Å². The standard InChI is InChI=1S/C16H16FN3O3S/c1-19(2)24(21,22)14-7-5-13(6-8-14)23-11-12-10-20-9-3-4-15(17)16(20)18-12/h3-10H,11H2,1-2H3. The SMILES string of the molecule is CN(C)S(=O)(=O)c1ccc(OCc2cn3cccc(F)c3n2)cc1. The van der Waals surface area contributed by atoms with E-state index in [4.69, 9.17) is 4.74 Å². The Kier molecular flexibility index (Phi) is 4.25. The minimum Gasteiger partial charge on any atom is -0.487 e. The topological polar surface area (TPSA) is 63.9 Å². The van der Waals surface area contributed by atoms with Crippen molar-refractivity contribution in [2.45, 2.75) is 11.5 Å². The van der Waals surface area contributed by atoms with E-state index >= 15 is 0 Å². The van der Waals surface area contributed by atoms with Crippen LogP contribution in [0.1, 0.15) is 5.69 Å². The van der Waals surface area contributed by atoms with Gasteiger partial charge in [0.05, 0.1) is 10.6 Å². The molecule has 0 unspecified atom stereocenters. The van der Waals surface area contributed by atoms with Crippen LogP contribution in [0.15, 0.2) is 53.7 Å². The van der Waals surface area contributed by atoms with Crippen molar-refractivity contribution >= 4 is 15.7 Å². The van der Waals surface area contributed by atoms with Gasteiger partial charge < -0.3 is 9.14 Å². The maximum Gasteiger partial charge on any atom is 0.242 e. The quantitative estimate of drug-likeness (QED) is 0.709. The van der Waals surface area contributed by atoms with Gasteiger partial charge in [-0.1, -0.05) is 0 Å². The summed E-state index contributed by atoms with van der Waals surface area (Å²) in [5, 5.41) is 0. The second-order valence-electron chi connectivity index (χ2n) is 5.37. The van der Waals surface area contributed by atoms with Gasteiger partial charge in [0, 0.05) is 26.5 Å². The molecule has 0 spiro atoms. The van der Waals surface area contributed by atoms with E-state index in [1.807, 2.05) is 0 Å². The Morgan fingerprint density at radius 2 is 1.92 bits per heavy atom. The van der Waals surface area contributed by atoms with Crippen LogP contribution in [-0.4, -0.2) is 36.2 Å². The van der Waals surface area contributed by atoms with E-state index in [2.05, 4.69) is 4.98 Å². The first-order chi connectivity index (χ1) is 11.4. The molecule has 0 atom stereocenters. The average molecular weight is 349 g/mol. The fraction of sp³-hybridized carbons (Fsp3) is 0.188. The lowest BCUT2D eigenvalue weighted by Gasteiger charge is -2.11. The van der Waals surface area contributed by atoms with Crippen molar-refractivity contribution in [1.82, 2.24) is 13.7 Å². The molecular weight excluding hydrogens is 333 g/mol. The minimum absolute atomic E-state index is 0.154. The van der Waals surface area contributed by atoms with Crippen molar-refractivity contribution in [3.8, 4) is 5.75 Å². The molecule has 0 fully saturated rings. The normalized spacial score (nSPS) is 12.0. The molecule has 24 heavy (non-hydrogen) atoms. The Bertz CT molecular complexity index is 966. The van der Waals surface area contributed by atoms with Gasteiger partial charge in [-0.15, -0.1) is 0 Å². The third-order valence-electron chi connectivity index (χ3n) is 3.47. The summed E-state index contributed by atoms with van der Waals surface area (Å²) in [4.78, 5) is 4.36. The molecule has 0 N–H and O–H groups in total. The molecular formula is C16H16FN3O3S. The summed E-state index contributed by atoms with van der Waals surface area (Å²) in [6.45, 7) is 0.154. The first-order valence-electron chi connectivity index (χ1n) is 7.15. The van der Waals surface area contributed by atoms with E-state index in [-0.39, 0.29) is 17.1 Å². The van der Waals surface area contributed by atoms with Crippen LogP contribution in [0.4, 0.5) is 4.39 Å². The Morgan fingerprint density at radius 3 is 2.54 bits per heavy atom. The lowest BCUT2D eigenvalue weighted by molar-refractivity contribution is 0.302. The van der Waals surface area contributed by atoms with Gasteiger partial charge in [-0.2, -0.15) is 0 Å². The molecule has 0 aliphatic rings. The second-order valence-corrected chi connectivity index (χ2v) is 7.52. The fourth-order valence-electron chi connectivity index (χ4n) is 2.17. The smallest absolute Gasteiger partial charge is 0.242 e. The highest BCUT2D eigenvalue weighted by Crippen LogP contribution is 2.19. The van der Waals surface area contributed by atoms with Gasteiger partial charge >= 0.3 is 0 Å². The zero-order valence-corrected chi connectivity index (χ0v) is 14.0. The summed E-state index contributed by atoms with van der Waals surface area (Å²) in [5.74, 6) is 0.104. The van der Waals surface area contributed by atoms with Crippen molar-refractivity contribution in [3.63, 3.8) is 0 Å². The predicted molar refractivity (Wildman–Crippen MR) is 86.8 cm³/mol. The van der Waals surface area contributed by atoms with E-state index < -0.39 is 15.8 Å². The maximum absolute atomic E-state index is 13.6. The molecule has 0 radical (unpaired) electrons. The van der Waals surface area contributed by atoms with E-state index in [1.54, 1.807) is 35.0 Å². The molecule has 0 aliphatic carbocycles. The molecule has 8 heteroatoms. The van der Waals surface area contributed by atoms with Gasteiger partial charge in [0.2, 0.25) is 10.0 Å². The van der Waals surface area contributed by atoms with E-state index in [0.717, 1.165) is 4.31 Å². The van der Waals surface area contributed by atoms with Crippen molar-refractivity contribution in [2.75, 3.05) is 14.1 Å². The summed E-state index contributed by atoms with van der Waals surface area (Å²) in [6.07, 6.45) is 3.39. The van der Waals surface area contributed by atoms with Crippen molar-refractivity contribution in [3.05, 3.63) is 60.3 Å². The summed E-state index contributed by atoms with van der Waals surface area (Å²) in [7, 11) is -0.513. The van der Waals surface area contributed by atoms with Crippen molar-refractivity contribution < 1.29 is 17.5 Å². The van der Waals surface area contributed by atoms with Crippen LogP contribution in [0.3, 0.4) is 0 Å². The molecule has 0 amide bonds. The van der Waals surface area contributed by atoms with Crippen LogP contribution in [0.2, 0.25) is 0 Å². The molecule has 0 aliphatic heterocycles. The van der Waals surface area contributed by atoms with Crippen LogP contribution >= 0.6 is 0 Å². The van der Waals surface area contributed by atoms with Crippen molar-refractivity contribution in [1.29, 1.82) is 0 Å². The Hall–Kier alpha value is -2.45. The Morgan fingerprint density at radius 1 is 1.21 bits per heavy atom. The van der Waals surface area contributed by atoms with Gasteiger partial charge in [-0.25, -0.2) is 22.1 Å². The van der Waals surface area contributed by atoms with Gasteiger partial charge in [0.1, 0.15) is 12.4 Å². The molecule has 0 saturated heterocycles. The van der Waals surface area contributed by atoms with Gasteiger partial charge in [-0.05, 0) is 36.4 Å².